The summed E-state index contributed by atoms with van der Waals surface area (Å²) in [5.74, 6) is -0.216. The molecule has 1 saturated carbocycles. The number of rotatable bonds is 2. The van der Waals surface area contributed by atoms with Gasteiger partial charge in [-0.3, -0.25) is 4.79 Å². The maximum Gasteiger partial charge on any atom is 0.231 e. The third kappa shape index (κ3) is 1.47. The Hall–Kier alpha value is -0.900. The number of carbonyl (C=O) groups is 1. The van der Waals surface area contributed by atoms with E-state index in [1.165, 1.54) is 6.42 Å². The number of aromatic nitrogens is 1. The molecule has 1 aliphatic rings. The largest absolute Gasteiger partial charge is 0.369 e. The number of carbonyl (C=O) groups excluding carboxylic acids is 1. The quantitative estimate of drug-likeness (QED) is 0.860. The zero-order valence-electron chi connectivity index (χ0n) is 9.82. The summed E-state index contributed by atoms with van der Waals surface area (Å²) >= 11 is 1.55. The van der Waals surface area contributed by atoms with Crippen molar-refractivity contribution in [2.75, 3.05) is 0 Å². The van der Waals surface area contributed by atoms with Crippen LogP contribution >= 0.6 is 11.3 Å². The second kappa shape index (κ2) is 3.84. The molecule has 0 radical (unpaired) electrons. The van der Waals surface area contributed by atoms with Crippen molar-refractivity contribution < 1.29 is 4.79 Å². The van der Waals surface area contributed by atoms with Crippen molar-refractivity contribution in [3.8, 4) is 0 Å². The first kappa shape index (κ1) is 11.6. The summed E-state index contributed by atoms with van der Waals surface area (Å²) in [6, 6.07) is 0. The molecule has 1 aromatic rings. The van der Waals surface area contributed by atoms with Gasteiger partial charge in [0.05, 0.1) is 0 Å². The third-order valence-corrected chi connectivity index (χ3v) is 4.91. The minimum Gasteiger partial charge on any atom is -0.369 e. The SMILES string of the molecule is CC1(C)CCCCC1(C(N)=O)c1nccs1. The lowest BCUT2D eigenvalue weighted by atomic mass is 9.57. The molecule has 2 rings (SSSR count). The van der Waals surface area contributed by atoms with Gasteiger partial charge in [0.25, 0.3) is 0 Å². The Labute approximate surface area is 100 Å². The van der Waals surface area contributed by atoms with Gasteiger partial charge >= 0.3 is 0 Å². The predicted molar refractivity (Wildman–Crippen MR) is 65.2 cm³/mol. The van der Waals surface area contributed by atoms with Crippen molar-refractivity contribution in [2.45, 2.75) is 44.9 Å². The van der Waals surface area contributed by atoms with Crippen LogP contribution in [-0.4, -0.2) is 10.9 Å². The summed E-state index contributed by atoms with van der Waals surface area (Å²) in [6.07, 6.45) is 5.87. The van der Waals surface area contributed by atoms with Crippen LogP contribution in [0.3, 0.4) is 0 Å². The molecule has 0 aliphatic heterocycles. The van der Waals surface area contributed by atoms with Gasteiger partial charge in [-0.1, -0.05) is 26.7 Å². The van der Waals surface area contributed by atoms with Crippen LogP contribution < -0.4 is 5.73 Å². The lowest BCUT2D eigenvalue weighted by molar-refractivity contribution is -0.130. The summed E-state index contributed by atoms with van der Waals surface area (Å²) in [6.45, 7) is 4.27. The molecule has 16 heavy (non-hydrogen) atoms. The van der Waals surface area contributed by atoms with E-state index in [9.17, 15) is 4.79 Å². The maximum atomic E-state index is 12.0. The summed E-state index contributed by atoms with van der Waals surface area (Å²) in [5, 5.41) is 2.81. The van der Waals surface area contributed by atoms with Gasteiger partial charge in [-0.2, -0.15) is 0 Å². The Kier molecular flexibility index (Phi) is 2.78. The molecular weight excluding hydrogens is 220 g/mol. The second-order valence-electron chi connectivity index (χ2n) is 5.20. The number of amides is 1. The monoisotopic (exact) mass is 238 g/mol. The van der Waals surface area contributed by atoms with Crippen LogP contribution in [0.5, 0.6) is 0 Å². The fourth-order valence-corrected chi connectivity index (χ4v) is 3.95. The molecule has 1 aliphatic carbocycles. The van der Waals surface area contributed by atoms with Gasteiger partial charge in [0.2, 0.25) is 5.91 Å². The van der Waals surface area contributed by atoms with Crippen LogP contribution in [0.15, 0.2) is 11.6 Å². The van der Waals surface area contributed by atoms with Crippen molar-refractivity contribution in [1.29, 1.82) is 0 Å². The highest BCUT2D eigenvalue weighted by molar-refractivity contribution is 7.09. The topological polar surface area (TPSA) is 56.0 Å². The van der Waals surface area contributed by atoms with Crippen LogP contribution in [-0.2, 0) is 10.2 Å². The van der Waals surface area contributed by atoms with Gasteiger partial charge < -0.3 is 5.73 Å². The van der Waals surface area contributed by atoms with E-state index >= 15 is 0 Å². The molecule has 0 spiro atoms. The van der Waals surface area contributed by atoms with Gasteiger partial charge in [0.1, 0.15) is 10.4 Å². The molecule has 1 aromatic heterocycles. The maximum absolute atomic E-state index is 12.0. The summed E-state index contributed by atoms with van der Waals surface area (Å²) in [4.78, 5) is 16.3. The molecule has 1 atom stereocenters. The second-order valence-corrected chi connectivity index (χ2v) is 6.09. The standard InChI is InChI=1S/C12H18N2OS/c1-11(2)5-3-4-6-12(11,9(13)15)10-14-7-8-16-10/h7-8H,3-6H2,1-2H3,(H2,13,15). The minimum absolute atomic E-state index is 0.0884. The first-order valence-corrected chi connectivity index (χ1v) is 6.58. The average Bonchev–Trinajstić information content (AvgIpc) is 2.70. The van der Waals surface area contributed by atoms with E-state index in [1.807, 2.05) is 5.38 Å². The van der Waals surface area contributed by atoms with E-state index in [0.717, 1.165) is 24.3 Å². The highest BCUT2D eigenvalue weighted by atomic mass is 32.1. The lowest BCUT2D eigenvalue weighted by Gasteiger charge is -2.46. The number of nitrogens with zero attached hydrogens (tertiary/aromatic N) is 1. The fraction of sp³-hybridized carbons (Fsp3) is 0.667. The first-order chi connectivity index (χ1) is 7.51. The van der Waals surface area contributed by atoms with E-state index in [0.29, 0.717) is 0 Å². The molecule has 2 N–H and O–H groups in total. The molecule has 0 saturated heterocycles. The van der Waals surface area contributed by atoms with E-state index in [2.05, 4.69) is 18.8 Å². The summed E-state index contributed by atoms with van der Waals surface area (Å²) in [7, 11) is 0. The molecule has 88 valence electrons. The highest BCUT2D eigenvalue weighted by Gasteiger charge is 2.53. The third-order valence-electron chi connectivity index (χ3n) is 3.98. The average molecular weight is 238 g/mol. The minimum atomic E-state index is -0.556. The molecule has 4 heteroatoms. The zero-order chi connectivity index (χ0) is 11.8. The van der Waals surface area contributed by atoms with Gasteiger partial charge in [0, 0.05) is 11.6 Å². The van der Waals surface area contributed by atoms with Gasteiger partial charge in [-0.25, -0.2) is 4.98 Å². The van der Waals surface area contributed by atoms with Crippen molar-refractivity contribution in [3.05, 3.63) is 16.6 Å². The number of primary amides is 1. The van der Waals surface area contributed by atoms with Crippen molar-refractivity contribution in [3.63, 3.8) is 0 Å². The zero-order valence-corrected chi connectivity index (χ0v) is 10.6. The van der Waals surface area contributed by atoms with E-state index in [1.54, 1.807) is 17.5 Å². The van der Waals surface area contributed by atoms with Crippen LogP contribution in [0.25, 0.3) is 0 Å². The van der Waals surface area contributed by atoms with Crippen LogP contribution in [0, 0.1) is 5.41 Å². The normalized spacial score (nSPS) is 28.9. The predicted octanol–water partition coefficient (Wildman–Crippen LogP) is 2.47. The van der Waals surface area contributed by atoms with Gasteiger partial charge in [-0.05, 0) is 18.3 Å². The number of hydrogen-bond acceptors (Lipinski definition) is 3. The lowest BCUT2D eigenvalue weighted by Crippen LogP contribution is -2.53. The van der Waals surface area contributed by atoms with E-state index in [-0.39, 0.29) is 11.3 Å². The molecule has 1 heterocycles. The fourth-order valence-electron chi connectivity index (χ4n) is 2.90. The van der Waals surface area contributed by atoms with Crippen LogP contribution in [0.4, 0.5) is 0 Å². The Balaban J connectivity index is 2.54. The van der Waals surface area contributed by atoms with Crippen molar-refractivity contribution in [1.82, 2.24) is 4.98 Å². The molecule has 0 aromatic carbocycles. The molecule has 1 fully saturated rings. The highest BCUT2D eigenvalue weighted by Crippen LogP contribution is 2.52. The van der Waals surface area contributed by atoms with Gasteiger partial charge in [0.15, 0.2) is 0 Å². The first-order valence-electron chi connectivity index (χ1n) is 5.70. The number of thiazole rings is 1. The number of hydrogen-bond donors (Lipinski definition) is 1. The van der Waals surface area contributed by atoms with Crippen LogP contribution in [0.2, 0.25) is 0 Å². The Bertz CT molecular complexity index is 386. The molecule has 3 nitrogen and oxygen atoms in total. The van der Waals surface area contributed by atoms with E-state index < -0.39 is 5.41 Å². The Morgan fingerprint density at radius 1 is 1.44 bits per heavy atom. The summed E-state index contributed by atoms with van der Waals surface area (Å²) < 4.78 is 0. The summed E-state index contributed by atoms with van der Waals surface area (Å²) in [5.41, 5.74) is 5.05. The molecule has 0 bridgehead atoms. The van der Waals surface area contributed by atoms with Gasteiger partial charge in [-0.15, -0.1) is 11.3 Å². The van der Waals surface area contributed by atoms with Crippen molar-refractivity contribution in [2.24, 2.45) is 11.1 Å². The molecule has 1 unspecified atom stereocenters. The Morgan fingerprint density at radius 3 is 2.62 bits per heavy atom. The smallest absolute Gasteiger partial charge is 0.231 e. The van der Waals surface area contributed by atoms with Crippen LogP contribution in [0.1, 0.15) is 44.5 Å². The molecular formula is C12H18N2OS. The van der Waals surface area contributed by atoms with E-state index in [4.69, 9.17) is 5.73 Å². The Morgan fingerprint density at radius 2 is 2.12 bits per heavy atom. The van der Waals surface area contributed by atoms with Crippen molar-refractivity contribution >= 4 is 17.2 Å². The molecule has 1 amide bonds. The number of nitrogens with two attached hydrogens (primary N) is 1.